The van der Waals surface area contributed by atoms with Crippen molar-refractivity contribution in [1.29, 1.82) is 0 Å². The van der Waals surface area contributed by atoms with Gasteiger partial charge in [-0.05, 0) is 24.3 Å². The molecule has 4 nitrogen and oxygen atoms in total. The van der Waals surface area contributed by atoms with Gasteiger partial charge in [0.05, 0.1) is 17.3 Å². The number of hydrogen-bond donors (Lipinski definition) is 0. The van der Waals surface area contributed by atoms with Crippen molar-refractivity contribution in [1.82, 2.24) is 14.9 Å². The van der Waals surface area contributed by atoms with E-state index < -0.39 is 0 Å². The molecule has 29 heavy (non-hydrogen) atoms. The Kier molecular flexibility index (Phi) is 4.88. The van der Waals surface area contributed by atoms with Gasteiger partial charge in [0.15, 0.2) is 5.82 Å². The molecule has 0 aliphatic carbocycles. The average Bonchev–Trinajstić information content (AvgIpc) is 3.22. The van der Waals surface area contributed by atoms with Gasteiger partial charge in [-0.25, -0.2) is 9.97 Å². The second-order valence-corrected chi connectivity index (χ2v) is 7.65. The zero-order valence-electron chi connectivity index (χ0n) is 15.9. The number of benzene rings is 2. The third-order valence-electron chi connectivity index (χ3n) is 5.23. The van der Waals surface area contributed by atoms with E-state index in [1.54, 1.807) is 0 Å². The number of nitrogens with zero attached hydrogens (tertiary/aromatic N) is 3. The monoisotopic (exact) mass is 401 g/mol. The first-order valence-corrected chi connectivity index (χ1v) is 10.1. The zero-order valence-corrected chi connectivity index (χ0v) is 16.6. The molecule has 0 bridgehead atoms. The summed E-state index contributed by atoms with van der Waals surface area (Å²) in [5.41, 5.74) is 4.31. The summed E-state index contributed by atoms with van der Waals surface area (Å²) < 4.78 is 6.06. The Bertz CT molecular complexity index is 1140. The van der Waals surface area contributed by atoms with Gasteiger partial charge in [0.1, 0.15) is 11.5 Å². The first-order valence-electron chi connectivity index (χ1n) is 9.72. The van der Waals surface area contributed by atoms with Crippen molar-refractivity contribution in [3.05, 3.63) is 95.0 Å². The maximum Gasteiger partial charge on any atom is 0.159 e. The van der Waals surface area contributed by atoms with Gasteiger partial charge in [0.25, 0.3) is 0 Å². The summed E-state index contributed by atoms with van der Waals surface area (Å²) in [4.78, 5) is 11.7. The van der Waals surface area contributed by atoms with Crippen molar-refractivity contribution in [2.75, 3.05) is 6.54 Å². The zero-order chi connectivity index (χ0) is 19.6. The van der Waals surface area contributed by atoms with Crippen LogP contribution in [0.2, 0.25) is 5.02 Å². The fourth-order valence-electron chi connectivity index (χ4n) is 3.72. The SMILES string of the molecule is Clc1ccccc1-c1ccc(CN2CCc3nc(-c4ccccc4)ncc3C2)o1. The molecule has 1 aliphatic heterocycles. The molecule has 5 rings (SSSR count). The molecule has 0 N–H and O–H groups in total. The maximum atomic E-state index is 6.29. The summed E-state index contributed by atoms with van der Waals surface area (Å²) >= 11 is 6.29. The van der Waals surface area contributed by atoms with Crippen molar-refractivity contribution in [2.24, 2.45) is 0 Å². The topological polar surface area (TPSA) is 42.2 Å². The molecule has 4 aromatic rings. The van der Waals surface area contributed by atoms with E-state index in [2.05, 4.69) is 9.88 Å². The van der Waals surface area contributed by atoms with E-state index >= 15 is 0 Å². The Morgan fingerprint density at radius 2 is 1.79 bits per heavy atom. The highest BCUT2D eigenvalue weighted by Crippen LogP contribution is 2.30. The fourth-order valence-corrected chi connectivity index (χ4v) is 3.95. The lowest BCUT2D eigenvalue weighted by atomic mass is 10.1. The van der Waals surface area contributed by atoms with Crippen LogP contribution in [-0.2, 0) is 19.5 Å². The van der Waals surface area contributed by atoms with E-state index in [-0.39, 0.29) is 0 Å². The van der Waals surface area contributed by atoms with Crippen LogP contribution in [0, 0.1) is 0 Å². The van der Waals surface area contributed by atoms with Gasteiger partial charge >= 0.3 is 0 Å². The van der Waals surface area contributed by atoms with Gasteiger partial charge in [-0.3, -0.25) is 4.90 Å². The Morgan fingerprint density at radius 3 is 2.66 bits per heavy atom. The van der Waals surface area contributed by atoms with Crippen molar-refractivity contribution < 1.29 is 4.42 Å². The maximum absolute atomic E-state index is 6.29. The lowest BCUT2D eigenvalue weighted by Crippen LogP contribution is -2.30. The molecule has 0 saturated carbocycles. The Morgan fingerprint density at radius 1 is 0.966 bits per heavy atom. The van der Waals surface area contributed by atoms with Crippen LogP contribution in [0.4, 0.5) is 0 Å². The van der Waals surface area contributed by atoms with Crippen LogP contribution in [0.15, 0.2) is 77.3 Å². The number of hydrogen-bond acceptors (Lipinski definition) is 4. The summed E-state index contributed by atoms with van der Waals surface area (Å²) in [6.07, 6.45) is 2.88. The molecule has 2 aromatic heterocycles. The normalized spacial score (nSPS) is 14.0. The van der Waals surface area contributed by atoms with Gasteiger partial charge in [-0.2, -0.15) is 0 Å². The van der Waals surface area contributed by atoms with E-state index in [1.165, 1.54) is 5.56 Å². The van der Waals surface area contributed by atoms with Crippen molar-refractivity contribution in [2.45, 2.75) is 19.5 Å². The number of halogens is 1. The lowest BCUT2D eigenvalue weighted by molar-refractivity contribution is 0.224. The second kappa shape index (κ2) is 7.82. The van der Waals surface area contributed by atoms with E-state index in [0.29, 0.717) is 5.02 Å². The average molecular weight is 402 g/mol. The van der Waals surface area contributed by atoms with Gasteiger partial charge in [0, 0.05) is 42.4 Å². The van der Waals surface area contributed by atoms with Crippen LogP contribution < -0.4 is 0 Å². The van der Waals surface area contributed by atoms with Crippen LogP contribution in [-0.4, -0.2) is 21.4 Å². The number of furan rings is 1. The molecule has 0 amide bonds. The standard InChI is InChI=1S/C24H20ClN3O/c25-21-9-5-4-8-20(21)23-11-10-19(29-23)16-28-13-12-22-18(15-28)14-26-24(27-22)17-6-2-1-3-7-17/h1-11,14H,12-13,15-16H2. The smallest absolute Gasteiger partial charge is 0.159 e. The minimum atomic E-state index is 0.701. The molecule has 144 valence electrons. The van der Waals surface area contributed by atoms with E-state index in [0.717, 1.165) is 60.2 Å². The van der Waals surface area contributed by atoms with E-state index in [9.17, 15) is 0 Å². The van der Waals surface area contributed by atoms with Crippen LogP contribution in [0.3, 0.4) is 0 Å². The van der Waals surface area contributed by atoms with Crippen LogP contribution in [0.5, 0.6) is 0 Å². The molecular weight excluding hydrogens is 382 g/mol. The molecule has 0 saturated heterocycles. The molecule has 0 fully saturated rings. The largest absolute Gasteiger partial charge is 0.460 e. The highest BCUT2D eigenvalue weighted by Gasteiger charge is 2.20. The predicted octanol–water partition coefficient (Wildman–Crippen LogP) is 5.62. The Balaban J connectivity index is 1.30. The van der Waals surface area contributed by atoms with E-state index in [1.807, 2.05) is 72.9 Å². The van der Waals surface area contributed by atoms with E-state index in [4.69, 9.17) is 21.0 Å². The molecule has 0 radical (unpaired) electrons. The van der Waals surface area contributed by atoms with Crippen molar-refractivity contribution in [3.63, 3.8) is 0 Å². The molecule has 0 spiro atoms. The second-order valence-electron chi connectivity index (χ2n) is 7.24. The Labute approximate surface area is 174 Å². The quantitative estimate of drug-likeness (QED) is 0.445. The van der Waals surface area contributed by atoms with Crippen LogP contribution in [0.1, 0.15) is 17.0 Å². The van der Waals surface area contributed by atoms with Gasteiger partial charge < -0.3 is 4.42 Å². The number of fused-ring (bicyclic) bond motifs is 1. The molecule has 1 aliphatic rings. The highest BCUT2D eigenvalue weighted by molar-refractivity contribution is 6.33. The molecule has 2 aromatic carbocycles. The van der Waals surface area contributed by atoms with Crippen molar-refractivity contribution in [3.8, 4) is 22.7 Å². The molecule has 3 heterocycles. The van der Waals surface area contributed by atoms with Gasteiger partial charge in [0.2, 0.25) is 0 Å². The van der Waals surface area contributed by atoms with Gasteiger partial charge in [-0.15, -0.1) is 0 Å². The van der Waals surface area contributed by atoms with Crippen LogP contribution >= 0.6 is 11.6 Å². The predicted molar refractivity (Wildman–Crippen MR) is 114 cm³/mol. The minimum absolute atomic E-state index is 0.701. The summed E-state index contributed by atoms with van der Waals surface area (Å²) in [5.74, 6) is 2.54. The first-order chi connectivity index (χ1) is 14.3. The third-order valence-corrected chi connectivity index (χ3v) is 5.55. The molecular formula is C24H20ClN3O. The lowest BCUT2D eigenvalue weighted by Gasteiger charge is -2.27. The molecule has 5 heteroatoms. The summed E-state index contributed by atoms with van der Waals surface area (Å²) in [6.45, 7) is 2.53. The summed E-state index contributed by atoms with van der Waals surface area (Å²) in [5, 5.41) is 0.701. The minimum Gasteiger partial charge on any atom is -0.460 e. The first kappa shape index (κ1) is 18.1. The number of rotatable bonds is 4. The Hall–Kier alpha value is -2.95. The highest BCUT2D eigenvalue weighted by atomic mass is 35.5. The fraction of sp³-hybridized carbons (Fsp3) is 0.167. The molecule has 0 unspecified atom stereocenters. The van der Waals surface area contributed by atoms with Crippen LogP contribution in [0.25, 0.3) is 22.7 Å². The summed E-state index contributed by atoms with van der Waals surface area (Å²) in [7, 11) is 0. The third kappa shape index (κ3) is 3.82. The molecule has 0 atom stereocenters. The number of aromatic nitrogens is 2. The summed E-state index contributed by atoms with van der Waals surface area (Å²) in [6, 6.07) is 21.9. The van der Waals surface area contributed by atoms with Gasteiger partial charge in [-0.1, -0.05) is 54.1 Å². The van der Waals surface area contributed by atoms with Crippen molar-refractivity contribution >= 4 is 11.6 Å².